The van der Waals surface area contributed by atoms with Crippen molar-refractivity contribution in [1.29, 1.82) is 0 Å². The molecule has 1 aromatic carbocycles. The summed E-state index contributed by atoms with van der Waals surface area (Å²) >= 11 is 0. The minimum Gasteiger partial charge on any atom is -0.378 e. The van der Waals surface area contributed by atoms with Gasteiger partial charge >= 0.3 is 0 Å². The molecule has 2 saturated heterocycles. The molecule has 0 atom stereocenters. The first kappa shape index (κ1) is 19.9. The van der Waals surface area contributed by atoms with Crippen LogP contribution in [0.3, 0.4) is 0 Å². The molecule has 2 aromatic rings. The number of anilines is 2. The minimum atomic E-state index is -3.97. The molecule has 156 valence electrons. The fourth-order valence-electron chi connectivity index (χ4n) is 3.48. The van der Waals surface area contributed by atoms with Crippen LogP contribution in [0.4, 0.5) is 20.3 Å². The first-order valence-corrected chi connectivity index (χ1v) is 10.7. The van der Waals surface area contributed by atoms with Gasteiger partial charge in [-0.2, -0.15) is 9.40 Å². The van der Waals surface area contributed by atoms with E-state index in [2.05, 4.69) is 15.1 Å². The van der Waals surface area contributed by atoms with E-state index in [-0.39, 0.29) is 18.0 Å². The van der Waals surface area contributed by atoms with Crippen molar-refractivity contribution in [3.8, 4) is 0 Å². The lowest BCUT2D eigenvalue weighted by Gasteiger charge is -2.35. The van der Waals surface area contributed by atoms with Gasteiger partial charge in [0.1, 0.15) is 11.6 Å². The van der Waals surface area contributed by atoms with Crippen molar-refractivity contribution < 1.29 is 21.9 Å². The number of rotatable bonds is 4. The Hall–Kier alpha value is -2.37. The molecule has 2 fully saturated rings. The first-order valence-electron chi connectivity index (χ1n) is 9.30. The lowest BCUT2D eigenvalue weighted by molar-refractivity contribution is 0.122. The molecule has 2 aliphatic heterocycles. The molecule has 0 radical (unpaired) electrons. The van der Waals surface area contributed by atoms with Crippen LogP contribution in [0.15, 0.2) is 35.4 Å². The van der Waals surface area contributed by atoms with Gasteiger partial charge in [0.2, 0.25) is 10.0 Å². The number of piperazine rings is 1. The summed E-state index contributed by atoms with van der Waals surface area (Å²) in [5.41, 5.74) is 0.948. The predicted molar refractivity (Wildman–Crippen MR) is 102 cm³/mol. The topological polar surface area (TPSA) is 78.9 Å². The van der Waals surface area contributed by atoms with E-state index in [4.69, 9.17) is 4.74 Å². The smallest absolute Gasteiger partial charge is 0.243 e. The number of hydrogen-bond donors (Lipinski definition) is 0. The van der Waals surface area contributed by atoms with Gasteiger partial charge in [0.05, 0.1) is 30.0 Å². The molecule has 1 aromatic heterocycles. The molecule has 0 saturated carbocycles. The highest BCUT2D eigenvalue weighted by Gasteiger charge is 2.30. The normalized spacial score (nSPS) is 18.8. The highest BCUT2D eigenvalue weighted by molar-refractivity contribution is 7.89. The van der Waals surface area contributed by atoms with Crippen molar-refractivity contribution >= 4 is 21.5 Å². The van der Waals surface area contributed by atoms with Crippen molar-refractivity contribution in [2.75, 3.05) is 62.3 Å². The van der Waals surface area contributed by atoms with Gasteiger partial charge in [-0.15, -0.1) is 5.10 Å². The number of hydrogen-bond acceptors (Lipinski definition) is 7. The standard InChI is InChI=1S/C18H21F2N5O3S/c19-14-9-15(20)11-17(10-14)29(26,27)25-3-1-24(2-4-25)18-12-16(13-21-22-18)23-5-7-28-8-6-23/h9-13H,1-8H2. The Kier molecular flexibility index (Phi) is 5.61. The molecule has 11 heteroatoms. The first-order chi connectivity index (χ1) is 13.9. The second-order valence-corrected chi connectivity index (χ2v) is 8.81. The van der Waals surface area contributed by atoms with Crippen molar-refractivity contribution in [2.45, 2.75) is 4.90 Å². The maximum Gasteiger partial charge on any atom is 0.243 e. The van der Waals surface area contributed by atoms with E-state index in [0.29, 0.717) is 38.2 Å². The van der Waals surface area contributed by atoms with E-state index in [9.17, 15) is 17.2 Å². The van der Waals surface area contributed by atoms with E-state index < -0.39 is 21.7 Å². The highest BCUT2D eigenvalue weighted by Crippen LogP contribution is 2.24. The van der Waals surface area contributed by atoms with Crippen molar-refractivity contribution in [3.05, 3.63) is 42.1 Å². The third kappa shape index (κ3) is 4.31. The molecule has 0 N–H and O–H groups in total. The van der Waals surface area contributed by atoms with Crippen LogP contribution in [0.1, 0.15) is 0 Å². The Balaban J connectivity index is 1.45. The molecular weight excluding hydrogens is 404 g/mol. The molecular formula is C18H21F2N5O3S. The third-order valence-electron chi connectivity index (χ3n) is 5.04. The summed E-state index contributed by atoms with van der Waals surface area (Å²) in [4.78, 5) is 3.74. The zero-order valence-electron chi connectivity index (χ0n) is 15.7. The summed E-state index contributed by atoms with van der Waals surface area (Å²) in [5, 5.41) is 8.26. The lowest BCUT2D eigenvalue weighted by atomic mass is 10.3. The average Bonchev–Trinajstić information content (AvgIpc) is 2.74. The predicted octanol–water partition coefficient (Wildman–Crippen LogP) is 1.10. The quantitative estimate of drug-likeness (QED) is 0.726. The number of ether oxygens (including phenoxy) is 1. The van der Waals surface area contributed by atoms with Crippen LogP contribution in [-0.2, 0) is 14.8 Å². The molecule has 0 spiro atoms. The molecule has 0 bridgehead atoms. The third-order valence-corrected chi connectivity index (χ3v) is 6.92. The number of morpholine rings is 1. The van der Waals surface area contributed by atoms with Crippen LogP contribution < -0.4 is 9.80 Å². The average molecular weight is 425 g/mol. The Morgan fingerprint density at radius 2 is 1.52 bits per heavy atom. The number of aromatic nitrogens is 2. The summed E-state index contributed by atoms with van der Waals surface area (Å²) in [6.07, 6.45) is 1.70. The fraction of sp³-hybridized carbons (Fsp3) is 0.444. The molecule has 0 amide bonds. The number of nitrogens with zero attached hydrogens (tertiary/aromatic N) is 5. The van der Waals surface area contributed by atoms with Gasteiger partial charge in [-0.1, -0.05) is 0 Å². The monoisotopic (exact) mass is 425 g/mol. The summed E-state index contributed by atoms with van der Waals surface area (Å²) in [6, 6.07) is 4.26. The Labute approximate surface area is 167 Å². The van der Waals surface area contributed by atoms with E-state index in [0.717, 1.165) is 30.9 Å². The summed E-state index contributed by atoms with van der Waals surface area (Å²) < 4.78 is 58.9. The molecule has 2 aliphatic rings. The van der Waals surface area contributed by atoms with Gasteiger partial charge in [0.15, 0.2) is 5.82 Å². The molecule has 4 rings (SSSR count). The second-order valence-electron chi connectivity index (χ2n) is 6.87. The van der Waals surface area contributed by atoms with Gasteiger partial charge in [-0.3, -0.25) is 0 Å². The maximum atomic E-state index is 13.4. The van der Waals surface area contributed by atoms with Crippen LogP contribution in [0.25, 0.3) is 0 Å². The summed E-state index contributed by atoms with van der Waals surface area (Å²) in [6.45, 7) is 4.05. The summed E-state index contributed by atoms with van der Waals surface area (Å²) in [5.74, 6) is -1.17. The van der Waals surface area contributed by atoms with Crippen LogP contribution in [0, 0.1) is 11.6 Å². The van der Waals surface area contributed by atoms with E-state index in [1.807, 2.05) is 11.0 Å². The van der Waals surface area contributed by atoms with Gasteiger partial charge in [0.25, 0.3) is 0 Å². The Morgan fingerprint density at radius 3 is 2.17 bits per heavy atom. The molecule has 8 nitrogen and oxygen atoms in total. The summed E-state index contributed by atoms with van der Waals surface area (Å²) in [7, 11) is -3.97. The maximum absolute atomic E-state index is 13.4. The van der Waals surface area contributed by atoms with Crippen LogP contribution in [-0.4, -0.2) is 75.4 Å². The Morgan fingerprint density at radius 1 is 0.862 bits per heavy atom. The molecule has 0 unspecified atom stereocenters. The largest absolute Gasteiger partial charge is 0.378 e. The lowest BCUT2D eigenvalue weighted by Crippen LogP contribution is -2.49. The SMILES string of the molecule is O=S(=O)(c1cc(F)cc(F)c1)N1CCN(c2cc(N3CCOCC3)cnn2)CC1. The number of sulfonamides is 1. The van der Waals surface area contributed by atoms with Crippen LogP contribution >= 0.6 is 0 Å². The van der Waals surface area contributed by atoms with Gasteiger partial charge in [0, 0.05) is 51.4 Å². The van der Waals surface area contributed by atoms with Gasteiger partial charge < -0.3 is 14.5 Å². The number of benzene rings is 1. The van der Waals surface area contributed by atoms with Crippen molar-refractivity contribution in [3.63, 3.8) is 0 Å². The van der Waals surface area contributed by atoms with Crippen molar-refractivity contribution in [2.24, 2.45) is 0 Å². The number of halogens is 2. The minimum absolute atomic E-state index is 0.184. The molecule has 3 heterocycles. The van der Waals surface area contributed by atoms with Crippen LogP contribution in [0.5, 0.6) is 0 Å². The van der Waals surface area contributed by atoms with Gasteiger partial charge in [-0.25, -0.2) is 17.2 Å². The fourth-order valence-corrected chi connectivity index (χ4v) is 4.94. The highest BCUT2D eigenvalue weighted by atomic mass is 32.2. The molecule has 29 heavy (non-hydrogen) atoms. The van der Waals surface area contributed by atoms with Gasteiger partial charge in [-0.05, 0) is 12.1 Å². The zero-order valence-corrected chi connectivity index (χ0v) is 16.5. The van der Waals surface area contributed by atoms with Crippen LogP contribution in [0.2, 0.25) is 0 Å². The van der Waals surface area contributed by atoms with E-state index in [1.54, 1.807) is 6.20 Å². The second kappa shape index (κ2) is 8.17. The van der Waals surface area contributed by atoms with E-state index in [1.165, 1.54) is 4.31 Å². The molecule has 0 aliphatic carbocycles. The zero-order chi connectivity index (χ0) is 20.4. The van der Waals surface area contributed by atoms with Crippen molar-refractivity contribution in [1.82, 2.24) is 14.5 Å². The van der Waals surface area contributed by atoms with E-state index >= 15 is 0 Å². The Bertz CT molecular complexity index is 957.